The Bertz CT molecular complexity index is 2520. The summed E-state index contributed by atoms with van der Waals surface area (Å²) in [6.07, 6.45) is 2.61. The SMILES string of the molecule is CC(C)C(C(N)=O)N(C)Cc1ccc(OC2CC(O)CCO2)c(NC(=O)CCNC(=O)C(CN)N2C(=O)C=CC2=O)c1.CCC(C)C(C(CC(=O)N1CCCC1C(OC)C(C)C(=O)NC(C)C(O)c1ccccc1)OC)N(C)C(=O)CC(C)C. The van der Waals surface area contributed by atoms with Crippen LogP contribution < -0.4 is 32.2 Å². The van der Waals surface area contributed by atoms with Crippen LogP contribution in [-0.4, -0.2) is 186 Å². The second kappa shape index (κ2) is 34.0. The quantitative estimate of drug-likeness (QED) is 0.0552. The van der Waals surface area contributed by atoms with Gasteiger partial charge in [0.15, 0.2) is 0 Å². The average molecular weight is 1180 g/mol. The molecule has 3 heterocycles. The lowest BCUT2D eigenvalue weighted by Gasteiger charge is -2.39. The first-order valence-corrected chi connectivity index (χ1v) is 29.3. The van der Waals surface area contributed by atoms with Crippen LogP contribution >= 0.6 is 0 Å². The number of nitrogens with two attached hydrogens (primary N) is 2. The molecule has 23 nitrogen and oxygen atoms in total. The number of anilines is 1. The number of nitrogens with one attached hydrogen (secondary N) is 3. The van der Waals surface area contributed by atoms with Gasteiger partial charge in [0.2, 0.25) is 41.7 Å². The number of aliphatic hydroxyl groups is 2. The number of likely N-dealkylation sites (N-methyl/N-ethyl adjacent to an activating group) is 2. The van der Waals surface area contributed by atoms with Crippen LogP contribution in [0.2, 0.25) is 0 Å². The predicted molar refractivity (Wildman–Crippen MR) is 316 cm³/mol. The summed E-state index contributed by atoms with van der Waals surface area (Å²) in [6.45, 7) is 16.5. The highest BCUT2D eigenvalue weighted by atomic mass is 16.7. The Hall–Kier alpha value is -6.34. The van der Waals surface area contributed by atoms with Gasteiger partial charge in [-0.05, 0) is 74.2 Å². The van der Waals surface area contributed by atoms with Gasteiger partial charge in [0, 0.05) is 78.9 Å². The van der Waals surface area contributed by atoms with E-state index in [4.69, 9.17) is 30.4 Å². The molecule has 5 rings (SSSR count). The molecule has 0 aliphatic carbocycles. The molecule has 2 aromatic rings. The van der Waals surface area contributed by atoms with Gasteiger partial charge in [0.05, 0.1) is 73.2 Å². The van der Waals surface area contributed by atoms with E-state index in [1.54, 1.807) is 58.2 Å². The summed E-state index contributed by atoms with van der Waals surface area (Å²) in [5.74, 6) is -2.95. The molecular weight excluding hydrogens is 1080 g/mol. The Morgan fingerprint density at radius 2 is 1.56 bits per heavy atom. The number of imide groups is 1. The zero-order valence-corrected chi connectivity index (χ0v) is 51.3. The van der Waals surface area contributed by atoms with Crippen molar-refractivity contribution in [3.8, 4) is 5.75 Å². The van der Waals surface area contributed by atoms with Crippen LogP contribution in [0.4, 0.5) is 5.69 Å². The summed E-state index contributed by atoms with van der Waals surface area (Å²) in [7, 11) is 6.77. The van der Waals surface area contributed by atoms with E-state index in [9.17, 15) is 48.6 Å². The molecule has 12 unspecified atom stereocenters. The number of methoxy groups -OCH3 is 2. The third-order valence-corrected chi connectivity index (χ3v) is 15.8. The van der Waals surface area contributed by atoms with Crippen LogP contribution in [0.5, 0.6) is 5.75 Å². The van der Waals surface area contributed by atoms with Crippen molar-refractivity contribution in [2.75, 3.05) is 59.9 Å². The minimum atomic E-state index is -1.20. The van der Waals surface area contributed by atoms with Crippen molar-refractivity contribution >= 4 is 52.9 Å². The fraction of sp³-hybridized carbons (Fsp3) is 0.639. The van der Waals surface area contributed by atoms with E-state index in [1.165, 1.54) is 0 Å². The molecule has 2 aromatic carbocycles. The molecular formula is C61H95N9O14. The standard InChI is InChI=1S/C33H55N3O6.C28H40N6O8/c1-10-22(4)30(35(7)28(37)19-21(2)3)27(41-8)20-29(38)36-18-14-17-26(36)32(42-9)23(5)33(40)34-24(6)31(39)25-15-12-11-13-16-25;1-16(2)26(27(30)39)33(3)15-17-4-5-21(42-25-13-18(35)9-11-41-25)19(12-17)32-22(36)8-10-31-28(40)20(14-29)34-23(37)6-7-24(34)38/h11-13,15-16,21-24,26-27,30-32,39H,10,14,17-20H2,1-9H3,(H,34,40);4-7,12,16,18,20,25-26,35H,8-11,13-15,29H2,1-3H3,(H2,30,39)(H,31,40)(H,32,36). The molecule has 23 heteroatoms. The number of nitrogens with zero attached hydrogens (tertiary/aromatic N) is 4. The van der Waals surface area contributed by atoms with Gasteiger partial charge in [0.1, 0.15) is 11.8 Å². The van der Waals surface area contributed by atoms with Crippen LogP contribution in [-0.2, 0) is 59.1 Å². The molecule has 2 fully saturated rings. The minimum Gasteiger partial charge on any atom is -0.463 e. The molecule has 8 amide bonds. The molecule has 468 valence electrons. The topological polar surface area (TPSA) is 315 Å². The summed E-state index contributed by atoms with van der Waals surface area (Å²) >= 11 is 0. The van der Waals surface area contributed by atoms with E-state index < -0.39 is 84.3 Å². The molecule has 84 heavy (non-hydrogen) atoms. The van der Waals surface area contributed by atoms with Gasteiger partial charge in [-0.15, -0.1) is 0 Å². The minimum absolute atomic E-state index is 0.0174. The number of likely N-dealkylation sites (tertiary alicyclic amines) is 1. The van der Waals surface area contributed by atoms with E-state index in [0.717, 1.165) is 47.4 Å². The van der Waals surface area contributed by atoms with Crippen LogP contribution in [0.25, 0.3) is 0 Å². The van der Waals surface area contributed by atoms with Crippen molar-refractivity contribution in [2.24, 2.45) is 35.1 Å². The second-order valence-corrected chi connectivity index (χ2v) is 23.0. The van der Waals surface area contributed by atoms with Crippen molar-refractivity contribution in [1.82, 2.24) is 30.2 Å². The molecule has 3 aliphatic rings. The van der Waals surface area contributed by atoms with Gasteiger partial charge >= 0.3 is 0 Å². The van der Waals surface area contributed by atoms with Crippen LogP contribution in [0, 0.1) is 23.7 Å². The Morgan fingerprint density at radius 3 is 2.13 bits per heavy atom. The van der Waals surface area contributed by atoms with Gasteiger partial charge in [-0.1, -0.05) is 91.3 Å². The molecule has 0 spiro atoms. The van der Waals surface area contributed by atoms with E-state index in [1.807, 2.05) is 74.9 Å². The highest BCUT2D eigenvalue weighted by Crippen LogP contribution is 2.32. The summed E-state index contributed by atoms with van der Waals surface area (Å²) in [5.41, 5.74) is 13.1. The number of carbonyl (C=O) groups excluding carboxylic acids is 8. The van der Waals surface area contributed by atoms with Crippen molar-refractivity contribution in [2.45, 2.75) is 174 Å². The highest BCUT2D eigenvalue weighted by Gasteiger charge is 2.43. The maximum absolute atomic E-state index is 13.8. The summed E-state index contributed by atoms with van der Waals surface area (Å²) < 4.78 is 23.3. The van der Waals surface area contributed by atoms with E-state index in [-0.39, 0.29) is 79.9 Å². The predicted octanol–water partition coefficient (Wildman–Crippen LogP) is 3.39. The number of benzene rings is 2. The maximum atomic E-state index is 13.8. The third-order valence-electron chi connectivity index (χ3n) is 15.8. The lowest BCUT2D eigenvalue weighted by atomic mass is 9.90. The van der Waals surface area contributed by atoms with Gasteiger partial charge < -0.3 is 66.4 Å². The largest absolute Gasteiger partial charge is 0.463 e. The monoisotopic (exact) mass is 1180 g/mol. The average Bonchev–Trinajstić information content (AvgIpc) is 4.17. The summed E-state index contributed by atoms with van der Waals surface area (Å²) in [4.78, 5) is 108. The van der Waals surface area contributed by atoms with Crippen LogP contribution in [0.1, 0.15) is 124 Å². The third kappa shape index (κ3) is 19.9. The molecule has 2 saturated heterocycles. The Kier molecular flexibility index (Phi) is 28.4. The molecule has 3 aliphatic heterocycles. The normalized spacial score (nSPS) is 20.2. The number of hydrogen-bond donors (Lipinski definition) is 7. The van der Waals surface area contributed by atoms with Crippen molar-refractivity contribution in [3.63, 3.8) is 0 Å². The van der Waals surface area contributed by atoms with Gasteiger partial charge in [-0.3, -0.25) is 48.2 Å². The van der Waals surface area contributed by atoms with E-state index in [0.29, 0.717) is 44.0 Å². The number of amides is 8. The molecule has 0 bridgehead atoms. The van der Waals surface area contributed by atoms with Crippen LogP contribution in [0.15, 0.2) is 60.7 Å². The second-order valence-electron chi connectivity index (χ2n) is 23.0. The molecule has 0 saturated carbocycles. The first-order valence-electron chi connectivity index (χ1n) is 29.3. The van der Waals surface area contributed by atoms with Crippen molar-refractivity contribution < 1.29 is 67.5 Å². The summed E-state index contributed by atoms with van der Waals surface area (Å²) in [5, 5.41) is 29.0. The number of ether oxygens (including phenoxy) is 4. The fourth-order valence-corrected chi connectivity index (χ4v) is 11.2. The highest BCUT2D eigenvalue weighted by molar-refractivity contribution is 6.15. The number of rotatable bonds is 30. The maximum Gasteiger partial charge on any atom is 0.254 e. The first kappa shape index (κ1) is 70.1. The number of carbonyl (C=O) groups is 8. The zero-order valence-electron chi connectivity index (χ0n) is 51.3. The Balaban J connectivity index is 0.000000360. The van der Waals surface area contributed by atoms with E-state index >= 15 is 0 Å². The lowest BCUT2D eigenvalue weighted by molar-refractivity contribution is -0.146. The van der Waals surface area contributed by atoms with Gasteiger partial charge in [-0.25, -0.2) is 0 Å². The lowest BCUT2D eigenvalue weighted by Crippen LogP contribution is -2.53. The van der Waals surface area contributed by atoms with Crippen LogP contribution in [0.3, 0.4) is 0 Å². The molecule has 0 radical (unpaired) electrons. The Labute approximate surface area is 495 Å². The molecule has 0 aromatic heterocycles. The molecule has 12 atom stereocenters. The van der Waals surface area contributed by atoms with Gasteiger partial charge in [0.25, 0.3) is 11.8 Å². The number of aliphatic hydroxyl groups excluding tert-OH is 2. The number of hydrogen-bond acceptors (Lipinski definition) is 16. The smallest absolute Gasteiger partial charge is 0.254 e. The van der Waals surface area contributed by atoms with Crippen molar-refractivity contribution in [1.29, 1.82) is 0 Å². The zero-order chi connectivity index (χ0) is 62.5. The number of primary amides is 1. The Morgan fingerprint density at radius 1 is 0.893 bits per heavy atom. The molecule has 9 N–H and O–H groups in total. The fourth-order valence-electron chi connectivity index (χ4n) is 11.2. The van der Waals surface area contributed by atoms with Crippen molar-refractivity contribution in [3.05, 3.63) is 71.8 Å². The first-order chi connectivity index (χ1) is 39.8. The van der Waals surface area contributed by atoms with Gasteiger partial charge in [-0.2, -0.15) is 0 Å². The summed E-state index contributed by atoms with van der Waals surface area (Å²) in [6, 6.07) is 11.7. The van der Waals surface area contributed by atoms with E-state index in [2.05, 4.69) is 29.8 Å².